The van der Waals surface area contributed by atoms with Crippen LogP contribution in [0.15, 0.2) is 0 Å². The molecule has 2 rings (SSSR count). The molecule has 0 amide bonds. The topological polar surface area (TPSA) is 107 Å². The minimum atomic E-state index is -1.28. The van der Waals surface area contributed by atoms with Crippen LogP contribution in [0.1, 0.15) is 32.6 Å². The molecule has 0 radical (unpaired) electrons. The van der Waals surface area contributed by atoms with E-state index in [9.17, 15) is 25.2 Å². The zero-order valence-electron chi connectivity index (χ0n) is 11.0. The van der Waals surface area contributed by atoms with E-state index < -0.39 is 48.3 Å². The van der Waals surface area contributed by atoms with Crippen molar-refractivity contribution in [3.8, 4) is 0 Å². The highest BCUT2D eigenvalue weighted by Gasteiger charge is 2.65. The number of rotatable bonds is 5. The molecule has 19 heavy (non-hydrogen) atoms. The predicted octanol–water partition coefficient (Wildman–Crippen LogP) is -0.818. The fourth-order valence-electron chi connectivity index (χ4n) is 3.14. The van der Waals surface area contributed by atoms with Gasteiger partial charge in [-0.15, -0.1) is 0 Å². The molecular weight excluding hydrogens is 252 g/mol. The molecule has 0 bridgehead atoms. The molecule has 2 aliphatic rings. The number of fused-ring (bicyclic) bond motifs is 1. The van der Waals surface area contributed by atoms with E-state index in [2.05, 4.69) is 0 Å². The molecule has 0 aliphatic heterocycles. The lowest BCUT2D eigenvalue weighted by atomic mass is 9.69. The maximum atomic E-state index is 11.6. The van der Waals surface area contributed by atoms with E-state index in [-0.39, 0.29) is 6.42 Å². The van der Waals surface area contributed by atoms with Gasteiger partial charge in [0.2, 0.25) is 0 Å². The van der Waals surface area contributed by atoms with Gasteiger partial charge in [-0.05, 0) is 6.42 Å². The number of carbonyl (C=O) groups is 1. The van der Waals surface area contributed by atoms with Crippen LogP contribution < -0.4 is 0 Å². The Kier molecular flexibility index (Phi) is 4.45. The van der Waals surface area contributed by atoms with Crippen LogP contribution in [0.2, 0.25) is 0 Å². The van der Waals surface area contributed by atoms with Crippen molar-refractivity contribution < 1.29 is 30.0 Å². The molecule has 2 fully saturated rings. The fraction of sp³-hybridized carbons (Fsp3) is 0.923. The number of hydrogen-bond donors (Lipinski definition) is 4. The average molecular weight is 274 g/mol. The Morgan fingerprint density at radius 2 is 1.58 bits per heavy atom. The Morgan fingerprint density at radius 3 is 2.21 bits per heavy atom. The highest BCUT2D eigenvalue weighted by Crippen LogP contribution is 2.49. The summed E-state index contributed by atoms with van der Waals surface area (Å²) in [5, 5.41) is 38.8. The quantitative estimate of drug-likeness (QED) is 0.385. The van der Waals surface area contributed by atoms with Crippen molar-refractivity contribution >= 4 is 5.97 Å². The zero-order chi connectivity index (χ0) is 14.2. The van der Waals surface area contributed by atoms with Crippen molar-refractivity contribution in [3.05, 3.63) is 0 Å². The summed E-state index contributed by atoms with van der Waals surface area (Å²) in [6.45, 7) is 2.03. The number of aliphatic hydroxyl groups is 4. The van der Waals surface area contributed by atoms with E-state index in [1.807, 2.05) is 6.92 Å². The number of carbonyl (C=O) groups excluding carboxylic acids is 1. The molecule has 0 saturated heterocycles. The highest BCUT2D eigenvalue weighted by molar-refractivity contribution is 5.69. The van der Waals surface area contributed by atoms with Crippen molar-refractivity contribution in [3.63, 3.8) is 0 Å². The van der Waals surface area contributed by atoms with Gasteiger partial charge in [0.15, 0.2) is 0 Å². The molecule has 2 saturated carbocycles. The van der Waals surface area contributed by atoms with Gasteiger partial charge < -0.3 is 25.2 Å². The molecule has 0 aromatic heterocycles. The molecule has 6 heteroatoms. The SMILES string of the molecule is CCCCCC(=O)OC1C(O)C2C(O)C(O)C(O)C12. The lowest BCUT2D eigenvalue weighted by molar-refractivity contribution is -0.208. The standard InChI is InChI=1S/C13H22O6/c1-2-3-4-5-6(14)19-13-8-7(11(13)17)9(15)12(18)10(8)16/h7-13,15-18H,2-5H2,1H3. The Hall–Kier alpha value is -0.690. The lowest BCUT2D eigenvalue weighted by Gasteiger charge is -2.46. The van der Waals surface area contributed by atoms with Gasteiger partial charge in [-0.1, -0.05) is 19.8 Å². The largest absolute Gasteiger partial charge is 0.459 e. The molecule has 2 aliphatic carbocycles. The second-order valence-electron chi connectivity index (χ2n) is 5.53. The average Bonchev–Trinajstić information content (AvgIpc) is 2.58. The second kappa shape index (κ2) is 5.75. The number of unbranched alkanes of at least 4 members (excludes halogenated alkanes) is 2. The summed E-state index contributed by atoms with van der Waals surface area (Å²) in [7, 11) is 0. The highest BCUT2D eigenvalue weighted by atomic mass is 16.6. The molecule has 0 aromatic carbocycles. The van der Waals surface area contributed by atoms with E-state index >= 15 is 0 Å². The first-order valence-corrected chi connectivity index (χ1v) is 6.90. The summed E-state index contributed by atoms with van der Waals surface area (Å²) < 4.78 is 5.16. The molecule has 7 unspecified atom stereocenters. The van der Waals surface area contributed by atoms with Gasteiger partial charge in [0.25, 0.3) is 0 Å². The molecule has 4 N–H and O–H groups in total. The van der Waals surface area contributed by atoms with Crippen molar-refractivity contribution in [1.29, 1.82) is 0 Å². The van der Waals surface area contributed by atoms with Gasteiger partial charge in [-0.2, -0.15) is 0 Å². The molecule has 0 spiro atoms. The van der Waals surface area contributed by atoms with Gasteiger partial charge >= 0.3 is 5.97 Å². The minimum Gasteiger partial charge on any atom is -0.459 e. The van der Waals surface area contributed by atoms with E-state index in [0.29, 0.717) is 0 Å². The molecule has 7 atom stereocenters. The summed E-state index contributed by atoms with van der Waals surface area (Å²) in [6.07, 6.45) is -2.47. The summed E-state index contributed by atoms with van der Waals surface area (Å²) in [4.78, 5) is 11.6. The molecule has 110 valence electrons. The van der Waals surface area contributed by atoms with Gasteiger partial charge in [0.05, 0.1) is 18.3 Å². The lowest BCUT2D eigenvalue weighted by Crippen LogP contribution is -2.60. The Morgan fingerprint density at radius 1 is 0.947 bits per heavy atom. The molecule has 0 aromatic rings. The minimum absolute atomic E-state index is 0.287. The normalized spacial score (nSPS) is 44.6. The fourth-order valence-corrected chi connectivity index (χ4v) is 3.14. The summed E-state index contributed by atoms with van der Waals surface area (Å²) in [5.41, 5.74) is 0. The van der Waals surface area contributed by atoms with Crippen LogP contribution >= 0.6 is 0 Å². The van der Waals surface area contributed by atoms with E-state index in [1.165, 1.54) is 0 Å². The van der Waals surface area contributed by atoms with Gasteiger partial charge in [-0.3, -0.25) is 4.79 Å². The first-order valence-electron chi connectivity index (χ1n) is 6.90. The van der Waals surface area contributed by atoms with Crippen LogP contribution in [0.4, 0.5) is 0 Å². The first-order chi connectivity index (χ1) is 8.99. The van der Waals surface area contributed by atoms with Gasteiger partial charge in [0, 0.05) is 18.3 Å². The third kappa shape index (κ3) is 2.50. The number of hydrogen-bond acceptors (Lipinski definition) is 6. The molecular formula is C13H22O6. The number of esters is 1. The van der Waals surface area contributed by atoms with Crippen LogP contribution in [0.25, 0.3) is 0 Å². The monoisotopic (exact) mass is 274 g/mol. The Labute approximate surface area is 112 Å². The third-order valence-corrected chi connectivity index (χ3v) is 4.30. The summed E-state index contributed by atoms with van der Waals surface area (Å²) >= 11 is 0. The first kappa shape index (κ1) is 14.7. The van der Waals surface area contributed by atoms with Gasteiger partial charge in [-0.25, -0.2) is 0 Å². The van der Waals surface area contributed by atoms with Crippen LogP contribution in [0, 0.1) is 11.8 Å². The van der Waals surface area contributed by atoms with Gasteiger partial charge in [0.1, 0.15) is 12.2 Å². The predicted molar refractivity (Wildman–Crippen MR) is 65.0 cm³/mol. The number of ether oxygens (including phenoxy) is 1. The molecule has 6 nitrogen and oxygen atoms in total. The second-order valence-corrected chi connectivity index (χ2v) is 5.53. The van der Waals surface area contributed by atoms with Crippen LogP contribution in [0.3, 0.4) is 0 Å². The van der Waals surface area contributed by atoms with Crippen LogP contribution in [-0.2, 0) is 9.53 Å². The van der Waals surface area contributed by atoms with E-state index in [0.717, 1.165) is 19.3 Å². The Balaban J connectivity index is 1.87. The van der Waals surface area contributed by atoms with E-state index in [1.54, 1.807) is 0 Å². The summed E-state index contributed by atoms with van der Waals surface area (Å²) in [5.74, 6) is -1.59. The molecule has 0 heterocycles. The zero-order valence-corrected chi connectivity index (χ0v) is 11.0. The Bertz CT molecular complexity index is 333. The third-order valence-electron chi connectivity index (χ3n) is 4.30. The van der Waals surface area contributed by atoms with E-state index in [4.69, 9.17) is 4.74 Å². The van der Waals surface area contributed by atoms with Crippen molar-refractivity contribution in [2.45, 2.75) is 63.1 Å². The van der Waals surface area contributed by atoms with Crippen molar-refractivity contribution in [2.75, 3.05) is 0 Å². The van der Waals surface area contributed by atoms with Crippen molar-refractivity contribution in [2.24, 2.45) is 11.8 Å². The maximum Gasteiger partial charge on any atom is 0.306 e. The number of aliphatic hydroxyl groups excluding tert-OH is 4. The van der Waals surface area contributed by atoms with Crippen molar-refractivity contribution in [1.82, 2.24) is 0 Å². The summed E-state index contributed by atoms with van der Waals surface area (Å²) in [6, 6.07) is 0. The smallest absolute Gasteiger partial charge is 0.306 e. The van der Waals surface area contributed by atoms with Crippen LogP contribution in [0.5, 0.6) is 0 Å². The maximum absolute atomic E-state index is 11.6. The van der Waals surface area contributed by atoms with Crippen LogP contribution in [-0.4, -0.2) is 56.9 Å².